The number of hydrogen-bond donors (Lipinski definition) is 1. The normalized spacial score (nSPS) is 11.2. The summed E-state index contributed by atoms with van der Waals surface area (Å²) in [5.41, 5.74) is 3.82. The lowest BCUT2D eigenvalue weighted by atomic mass is 10.2. The van der Waals surface area contributed by atoms with Gasteiger partial charge in [0.2, 0.25) is 0 Å². The highest BCUT2D eigenvalue weighted by molar-refractivity contribution is 6.42. The van der Waals surface area contributed by atoms with Crippen LogP contribution in [0.15, 0.2) is 64.1 Å². The van der Waals surface area contributed by atoms with Crippen LogP contribution in [0.25, 0.3) is 11.0 Å². The molecule has 178 valence electrons. The number of furan rings is 1. The number of carbonyl (C=O) groups excluding carboxylic acids is 1. The summed E-state index contributed by atoms with van der Waals surface area (Å²) in [6.45, 7) is 0.167. The Balaban J connectivity index is 1.41. The largest absolute Gasteiger partial charge is 0.486 e. The first-order valence-corrected chi connectivity index (χ1v) is 11.3. The Labute approximate surface area is 218 Å². The number of ether oxygens (including phenoxy) is 1. The number of nitrogens with one attached hydrogen (secondary N) is 1. The van der Waals surface area contributed by atoms with Gasteiger partial charge >= 0.3 is 5.91 Å². The molecule has 35 heavy (non-hydrogen) atoms. The maximum Gasteiger partial charge on any atom is 0.307 e. The van der Waals surface area contributed by atoms with E-state index in [1.165, 1.54) is 30.5 Å². The molecule has 0 aliphatic heterocycles. The average Bonchev–Trinajstić information content (AvgIpc) is 3.24. The van der Waals surface area contributed by atoms with Crippen molar-refractivity contribution in [2.24, 2.45) is 5.10 Å². The Morgan fingerprint density at radius 1 is 1.00 bits per heavy atom. The first kappa shape index (κ1) is 24.8. The van der Waals surface area contributed by atoms with Crippen molar-refractivity contribution in [3.05, 3.63) is 102 Å². The Morgan fingerprint density at radius 3 is 2.43 bits per heavy atom. The van der Waals surface area contributed by atoms with Crippen molar-refractivity contribution < 1.29 is 18.9 Å². The van der Waals surface area contributed by atoms with Gasteiger partial charge in [-0.15, -0.1) is 0 Å². The summed E-state index contributed by atoms with van der Waals surface area (Å²) >= 11 is 24.5. The van der Waals surface area contributed by atoms with E-state index in [-0.39, 0.29) is 33.8 Å². The van der Waals surface area contributed by atoms with Crippen molar-refractivity contribution in [2.45, 2.75) is 6.61 Å². The predicted octanol–water partition coefficient (Wildman–Crippen LogP) is 7.30. The van der Waals surface area contributed by atoms with Gasteiger partial charge in [-0.1, -0.05) is 52.5 Å². The Morgan fingerprint density at radius 2 is 1.74 bits per heavy atom. The summed E-state index contributed by atoms with van der Waals surface area (Å²) in [5, 5.41) is 16.5. The van der Waals surface area contributed by atoms with E-state index in [4.69, 9.17) is 55.6 Å². The van der Waals surface area contributed by atoms with Crippen LogP contribution in [0.3, 0.4) is 0 Å². The summed E-state index contributed by atoms with van der Waals surface area (Å²) in [5.74, 6) is -0.421. The molecule has 0 radical (unpaired) electrons. The Hall–Kier alpha value is -3.30. The SMILES string of the molecule is O=C(N/N=C/c1cc(Cl)c(OCc2ccc(Cl)c(Cl)c2)c(Cl)c1)c1cc2cc([N+](=O)[O-])ccc2o1. The molecule has 0 aliphatic rings. The van der Waals surface area contributed by atoms with Gasteiger partial charge in [0, 0.05) is 17.5 Å². The first-order valence-electron chi connectivity index (χ1n) is 9.78. The summed E-state index contributed by atoms with van der Waals surface area (Å²) in [6, 6.07) is 13.6. The number of nitro groups is 1. The van der Waals surface area contributed by atoms with E-state index >= 15 is 0 Å². The number of carbonyl (C=O) groups is 1. The van der Waals surface area contributed by atoms with Gasteiger partial charge in [-0.2, -0.15) is 5.10 Å². The molecule has 3 aromatic carbocycles. The molecule has 4 rings (SSSR count). The lowest BCUT2D eigenvalue weighted by Gasteiger charge is -2.11. The maximum absolute atomic E-state index is 12.3. The van der Waals surface area contributed by atoms with Gasteiger partial charge in [0.1, 0.15) is 12.2 Å². The number of amides is 1. The number of benzene rings is 3. The second kappa shape index (κ2) is 10.5. The molecule has 0 unspecified atom stereocenters. The van der Waals surface area contributed by atoms with Crippen LogP contribution in [0.5, 0.6) is 5.75 Å². The molecule has 0 fully saturated rings. The zero-order chi connectivity index (χ0) is 25.1. The quantitative estimate of drug-likeness (QED) is 0.147. The maximum atomic E-state index is 12.3. The van der Waals surface area contributed by atoms with Crippen LogP contribution in [0, 0.1) is 10.1 Å². The highest BCUT2D eigenvalue weighted by Gasteiger charge is 2.15. The van der Waals surface area contributed by atoms with Crippen molar-refractivity contribution >= 4 is 75.2 Å². The van der Waals surface area contributed by atoms with E-state index in [9.17, 15) is 14.9 Å². The van der Waals surface area contributed by atoms with Crippen LogP contribution in [0.1, 0.15) is 21.7 Å². The second-order valence-corrected chi connectivity index (χ2v) is 8.77. The molecule has 1 amide bonds. The van der Waals surface area contributed by atoms with Gasteiger partial charge in [0.05, 0.1) is 31.2 Å². The zero-order valence-corrected chi connectivity index (χ0v) is 20.5. The van der Waals surface area contributed by atoms with E-state index in [1.807, 2.05) is 0 Å². The van der Waals surface area contributed by atoms with Gasteiger partial charge in [-0.05, 0) is 47.5 Å². The van der Waals surface area contributed by atoms with Crippen molar-refractivity contribution in [1.29, 1.82) is 0 Å². The lowest BCUT2D eigenvalue weighted by molar-refractivity contribution is -0.384. The fourth-order valence-electron chi connectivity index (χ4n) is 3.05. The minimum Gasteiger partial charge on any atom is -0.486 e. The van der Waals surface area contributed by atoms with Crippen LogP contribution >= 0.6 is 46.4 Å². The summed E-state index contributed by atoms with van der Waals surface area (Å²) in [7, 11) is 0. The summed E-state index contributed by atoms with van der Waals surface area (Å²) in [4.78, 5) is 22.7. The van der Waals surface area contributed by atoms with Gasteiger partial charge < -0.3 is 9.15 Å². The number of fused-ring (bicyclic) bond motifs is 1. The molecule has 8 nitrogen and oxygen atoms in total. The molecule has 0 saturated carbocycles. The third-order valence-electron chi connectivity index (χ3n) is 4.70. The van der Waals surface area contributed by atoms with Crippen LogP contribution in [0.4, 0.5) is 5.69 Å². The Kier molecular flexibility index (Phi) is 7.47. The molecular weight excluding hydrogens is 540 g/mol. The van der Waals surface area contributed by atoms with Gasteiger partial charge in [-0.3, -0.25) is 14.9 Å². The number of hydrogen-bond acceptors (Lipinski definition) is 6. The number of rotatable bonds is 7. The van der Waals surface area contributed by atoms with E-state index in [0.717, 1.165) is 5.56 Å². The molecule has 0 saturated heterocycles. The standard InChI is InChI=1S/C23H13Cl4N3O5/c24-16-3-1-12(5-17(16)25)11-34-22-18(26)6-13(7-19(22)27)10-28-29-23(31)21-9-14-8-15(30(32)33)2-4-20(14)35-21/h1-10H,11H2,(H,29,31)/b28-10+. The zero-order valence-electron chi connectivity index (χ0n) is 17.4. The Bertz CT molecular complexity index is 1460. The smallest absolute Gasteiger partial charge is 0.307 e. The number of hydrazone groups is 1. The van der Waals surface area contributed by atoms with Crippen molar-refractivity contribution in [1.82, 2.24) is 5.43 Å². The molecule has 4 aromatic rings. The van der Waals surface area contributed by atoms with Crippen molar-refractivity contribution in [3.63, 3.8) is 0 Å². The minimum absolute atomic E-state index is 0.0558. The highest BCUT2D eigenvalue weighted by Crippen LogP contribution is 2.35. The fraction of sp³-hybridized carbons (Fsp3) is 0.0435. The molecule has 0 atom stereocenters. The number of halogens is 4. The fourth-order valence-corrected chi connectivity index (χ4v) is 3.99. The molecule has 1 N–H and O–H groups in total. The van der Waals surface area contributed by atoms with Crippen molar-refractivity contribution in [3.8, 4) is 5.75 Å². The molecule has 1 heterocycles. The van der Waals surface area contributed by atoms with Gasteiger partial charge in [-0.25, -0.2) is 5.43 Å². The van der Waals surface area contributed by atoms with Crippen LogP contribution in [-0.2, 0) is 6.61 Å². The number of non-ortho nitro benzene ring substituents is 1. The third-order valence-corrected chi connectivity index (χ3v) is 6.00. The van der Waals surface area contributed by atoms with Crippen molar-refractivity contribution in [2.75, 3.05) is 0 Å². The van der Waals surface area contributed by atoms with E-state index in [0.29, 0.717) is 26.6 Å². The molecule has 12 heteroatoms. The highest BCUT2D eigenvalue weighted by atomic mass is 35.5. The minimum atomic E-state index is -0.640. The molecule has 1 aromatic heterocycles. The molecule has 0 aliphatic carbocycles. The van der Waals surface area contributed by atoms with E-state index in [2.05, 4.69) is 10.5 Å². The predicted molar refractivity (Wildman–Crippen MR) is 135 cm³/mol. The monoisotopic (exact) mass is 551 g/mol. The van der Waals surface area contributed by atoms with Crippen LogP contribution in [-0.4, -0.2) is 17.0 Å². The van der Waals surface area contributed by atoms with Crippen LogP contribution < -0.4 is 10.2 Å². The van der Waals surface area contributed by atoms with E-state index < -0.39 is 10.8 Å². The lowest BCUT2D eigenvalue weighted by Crippen LogP contribution is -2.16. The van der Waals surface area contributed by atoms with Gasteiger partial charge in [0.15, 0.2) is 11.5 Å². The molecular formula is C23H13Cl4N3O5. The average molecular weight is 553 g/mol. The first-order chi connectivity index (χ1) is 16.7. The number of nitro benzene ring substituents is 1. The number of nitrogens with zero attached hydrogens (tertiary/aromatic N) is 2. The second-order valence-electron chi connectivity index (χ2n) is 7.14. The third kappa shape index (κ3) is 5.86. The van der Waals surface area contributed by atoms with E-state index in [1.54, 1.807) is 30.3 Å². The van der Waals surface area contributed by atoms with Crippen LogP contribution in [0.2, 0.25) is 20.1 Å². The molecule has 0 bridgehead atoms. The van der Waals surface area contributed by atoms with Gasteiger partial charge in [0.25, 0.3) is 5.69 Å². The topological polar surface area (TPSA) is 107 Å². The molecule has 0 spiro atoms. The summed E-state index contributed by atoms with van der Waals surface area (Å²) < 4.78 is 11.1. The summed E-state index contributed by atoms with van der Waals surface area (Å²) in [6.07, 6.45) is 1.34.